The normalized spacial score (nSPS) is 27.6. The van der Waals surface area contributed by atoms with Gasteiger partial charge in [-0.05, 0) is 23.3 Å². The molecular formula is C23H28O4. The summed E-state index contributed by atoms with van der Waals surface area (Å²) < 4.78 is 6.27. The number of allylic oxidation sites excluding steroid dienone is 8. The zero-order valence-electron chi connectivity index (χ0n) is 16.6. The van der Waals surface area contributed by atoms with Gasteiger partial charge in [-0.1, -0.05) is 39.3 Å². The summed E-state index contributed by atoms with van der Waals surface area (Å²) in [5.41, 5.74) is 2.14. The summed E-state index contributed by atoms with van der Waals surface area (Å²) in [6.07, 6.45) is 7.18. The molecule has 0 aromatic heterocycles. The van der Waals surface area contributed by atoms with E-state index in [0.29, 0.717) is 55.4 Å². The maximum absolute atomic E-state index is 13.1. The van der Waals surface area contributed by atoms with Crippen molar-refractivity contribution >= 4 is 11.6 Å². The first-order chi connectivity index (χ1) is 12.6. The van der Waals surface area contributed by atoms with Crippen LogP contribution in [0.3, 0.4) is 0 Å². The van der Waals surface area contributed by atoms with E-state index in [4.69, 9.17) is 4.74 Å². The van der Waals surface area contributed by atoms with Gasteiger partial charge in [0.1, 0.15) is 11.5 Å². The van der Waals surface area contributed by atoms with E-state index in [1.54, 1.807) is 6.08 Å². The van der Waals surface area contributed by atoms with E-state index in [0.717, 1.165) is 17.1 Å². The Morgan fingerprint density at radius 1 is 0.852 bits per heavy atom. The zero-order chi connectivity index (χ0) is 19.6. The smallest absolute Gasteiger partial charge is 0.163 e. The molecule has 0 bridgehead atoms. The van der Waals surface area contributed by atoms with Crippen LogP contribution in [0.5, 0.6) is 0 Å². The molecule has 1 heterocycles. The summed E-state index contributed by atoms with van der Waals surface area (Å²) in [6.45, 7) is 8.36. The molecule has 144 valence electrons. The lowest BCUT2D eigenvalue weighted by Gasteiger charge is -2.43. The second-order valence-electron chi connectivity index (χ2n) is 9.99. The van der Waals surface area contributed by atoms with Crippen molar-refractivity contribution in [2.75, 3.05) is 0 Å². The van der Waals surface area contributed by atoms with Crippen molar-refractivity contribution in [2.24, 2.45) is 16.7 Å². The van der Waals surface area contributed by atoms with Crippen LogP contribution in [0.15, 0.2) is 46.1 Å². The molecule has 0 atom stereocenters. The second kappa shape index (κ2) is 5.95. The van der Waals surface area contributed by atoms with Gasteiger partial charge in [-0.3, -0.25) is 9.59 Å². The van der Waals surface area contributed by atoms with Crippen molar-refractivity contribution in [3.8, 4) is 0 Å². The van der Waals surface area contributed by atoms with Crippen molar-refractivity contribution in [2.45, 2.75) is 66.2 Å². The molecule has 4 heteroatoms. The highest BCUT2D eigenvalue weighted by Gasteiger charge is 2.48. The zero-order valence-corrected chi connectivity index (χ0v) is 16.6. The number of ketones is 2. The average Bonchev–Trinajstić information content (AvgIpc) is 2.51. The summed E-state index contributed by atoms with van der Waals surface area (Å²) in [4.78, 5) is 26.2. The summed E-state index contributed by atoms with van der Waals surface area (Å²) in [5.74, 6) is 1.74. The van der Waals surface area contributed by atoms with E-state index in [1.165, 1.54) is 0 Å². The van der Waals surface area contributed by atoms with Gasteiger partial charge in [-0.2, -0.15) is 0 Å². The lowest BCUT2D eigenvalue weighted by Crippen LogP contribution is -2.39. The molecule has 0 amide bonds. The van der Waals surface area contributed by atoms with Crippen molar-refractivity contribution in [1.82, 2.24) is 0 Å². The fourth-order valence-electron chi connectivity index (χ4n) is 4.93. The molecule has 4 aliphatic rings. The molecule has 4 nitrogen and oxygen atoms in total. The van der Waals surface area contributed by atoms with Crippen LogP contribution in [-0.4, -0.2) is 16.7 Å². The summed E-state index contributed by atoms with van der Waals surface area (Å²) in [6, 6.07) is 0. The van der Waals surface area contributed by atoms with Crippen molar-refractivity contribution in [3.05, 3.63) is 46.1 Å². The van der Waals surface area contributed by atoms with E-state index in [2.05, 4.69) is 27.7 Å². The summed E-state index contributed by atoms with van der Waals surface area (Å²) in [5, 5.41) is 9.77. The first-order valence-electron chi connectivity index (χ1n) is 9.85. The SMILES string of the molecule is CC1(C)CC(=O)C2=C(C1)OC1=C(C(=O)CC(C)(C)C1)C2C1=CC=C(O)CC1. The highest BCUT2D eigenvalue weighted by Crippen LogP contribution is 2.52. The number of hydrogen-bond acceptors (Lipinski definition) is 4. The molecule has 0 saturated heterocycles. The van der Waals surface area contributed by atoms with Crippen LogP contribution in [0.2, 0.25) is 0 Å². The number of Topliss-reactive ketones (excluding diaryl/α,β-unsaturated/α-hetero) is 2. The topological polar surface area (TPSA) is 63.6 Å². The van der Waals surface area contributed by atoms with Gasteiger partial charge in [0.25, 0.3) is 0 Å². The quantitative estimate of drug-likeness (QED) is 0.701. The first-order valence-corrected chi connectivity index (χ1v) is 9.85. The fourth-order valence-corrected chi connectivity index (χ4v) is 4.93. The Labute approximate surface area is 160 Å². The maximum atomic E-state index is 13.1. The number of ether oxygens (including phenoxy) is 1. The molecule has 0 aromatic carbocycles. The Morgan fingerprint density at radius 3 is 1.81 bits per heavy atom. The lowest BCUT2D eigenvalue weighted by molar-refractivity contribution is -0.120. The maximum Gasteiger partial charge on any atom is 0.163 e. The van der Waals surface area contributed by atoms with Gasteiger partial charge in [0, 0.05) is 49.2 Å². The summed E-state index contributed by atoms with van der Waals surface area (Å²) >= 11 is 0. The van der Waals surface area contributed by atoms with E-state index >= 15 is 0 Å². The highest BCUT2D eigenvalue weighted by molar-refractivity contribution is 6.05. The molecule has 0 aromatic rings. The predicted octanol–water partition coefficient (Wildman–Crippen LogP) is 5.08. The second-order valence-corrected chi connectivity index (χ2v) is 9.99. The number of hydrogen-bond donors (Lipinski definition) is 1. The highest BCUT2D eigenvalue weighted by atomic mass is 16.5. The van der Waals surface area contributed by atoms with Gasteiger partial charge in [0.15, 0.2) is 11.6 Å². The van der Waals surface area contributed by atoms with E-state index in [1.807, 2.05) is 6.08 Å². The molecule has 0 unspecified atom stereocenters. The van der Waals surface area contributed by atoms with Gasteiger partial charge in [-0.15, -0.1) is 0 Å². The molecular weight excluding hydrogens is 340 g/mol. The number of carbonyl (C=O) groups excluding carboxylic acids is 2. The lowest BCUT2D eigenvalue weighted by atomic mass is 9.65. The number of rotatable bonds is 1. The molecule has 1 aliphatic heterocycles. The molecule has 1 N–H and O–H groups in total. The van der Waals surface area contributed by atoms with Gasteiger partial charge in [0.2, 0.25) is 0 Å². The third-order valence-electron chi connectivity index (χ3n) is 6.11. The van der Waals surface area contributed by atoms with Crippen molar-refractivity contribution in [1.29, 1.82) is 0 Å². The van der Waals surface area contributed by atoms with Gasteiger partial charge < -0.3 is 9.84 Å². The van der Waals surface area contributed by atoms with Crippen molar-refractivity contribution < 1.29 is 19.4 Å². The minimum atomic E-state index is -0.305. The van der Waals surface area contributed by atoms with Crippen LogP contribution in [0.4, 0.5) is 0 Å². The minimum absolute atomic E-state index is 0.0927. The van der Waals surface area contributed by atoms with Gasteiger partial charge >= 0.3 is 0 Å². The van der Waals surface area contributed by atoms with Crippen LogP contribution in [0.1, 0.15) is 66.2 Å². The Balaban J connectivity index is 1.87. The van der Waals surface area contributed by atoms with Crippen LogP contribution in [0.25, 0.3) is 0 Å². The van der Waals surface area contributed by atoms with E-state index in [-0.39, 0.29) is 28.3 Å². The Kier molecular flexibility index (Phi) is 4.03. The molecule has 0 radical (unpaired) electrons. The van der Waals surface area contributed by atoms with Gasteiger partial charge in [0.05, 0.1) is 5.76 Å². The average molecular weight is 368 g/mol. The molecule has 4 rings (SSSR count). The molecule has 0 fully saturated rings. The van der Waals surface area contributed by atoms with Crippen molar-refractivity contribution in [3.63, 3.8) is 0 Å². The third kappa shape index (κ3) is 3.19. The largest absolute Gasteiger partial charge is 0.512 e. The number of carbonyl (C=O) groups is 2. The monoisotopic (exact) mass is 368 g/mol. The Morgan fingerprint density at radius 2 is 1.37 bits per heavy atom. The third-order valence-corrected chi connectivity index (χ3v) is 6.11. The minimum Gasteiger partial charge on any atom is -0.512 e. The van der Waals surface area contributed by atoms with Crippen LogP contribution < -0.4 is 0 Å². The first kappa shape index (κ1) is 18.3. The predicted molar refractivity (Wildman–Crippen MR) is 103 cm³/mol. The molecule has 3 aliphatic carbocycles. The fraction of sp³-hybridized carbons (Fsp3) is 0.565. The molecule has 0 saturated carbocycles. The van der Waals surface area contributed by atoms with Crippen LogP contribution >= 0.6 is 0 Å². The number of aliphatic hydroxyl groups is 1. The van der Waals surface area contributed by atoms with Crippen LogP contribution in [-0.2, 0) is 14.3 Å². The molecule has 27 heavy (non-hydrogen) atoms. The van der Waals surface area contributed by atoms with Gasteiger partial charge in [-0.25, -0.2) is 0 Å². The van der Waals surface area contributed by atoms with Crippen LogP contribution in [0, 0.1) is 16.7 Å². The number of aliphatic hydroxyl groups excluding tert-OH is 1. The van der Waals surface area contributed by atoms with E-state index < -0.39 is 0 Å². The standard InChI is InChI=1S/C23H28O4/c1-22(2)9-15(25)20-17(11-22)27-18-12-23(3,4)10-16(26)21(18)19(20)13-5-7-14(24)8-6-13/h5,7,19,24H,6,8-12H2,1-4H3. The van der Waals surface area contributed by atoms with E-state index in [9.17, 15) is 14.7 Å². The molecule has 0 spiro atoms. The Bertz CT molecular complexity index is 809. The summed E-state index contributed by atoms with van der Waals surface area (Å²) in [7, 11) is 0. The Hall–Kier alpha value is -2.10.